The lowest BCUT2D eigenvalue weighted by atomic mass is 10.00. The Bertz CT molecular complexity index is 466. The first kappa shape index (κ1) is 10.2. The number of hydrogen-bond donors (Lipinski definition) is 0. The van der Waals surface area contributed by atoms with Crippen molar-refractivity contribution < 1.29 is 0 Å². The van der Waals surface area contributed by atoms with Gasteiger partial charge in [-0.05, 0) is 31.4 Å². The van der Waals surface area contributed by atoms with Gasteiger partial charge in [0, 0.05) is 11.4 Å². The van der Waals surface area contributed by atoms with E-state index in [-0.39, 0.29) is 0 Å². The van der Waals surface area contributed by atoms with Gasteiger partial charge >= 0.3 is 0 Å². The van der Waals surface area contributed by atoms with Gasteiger partial charge in [-0.1, -0.05) is 26.0 Å². The molecule has 0 bridgehead atoms. The second-order valence-corrected chi connectivity index (χ2v) is 4.62. The summed E-state index contributed by atoms with van der Waals surface area (Å²) in [5.74, 6) is 0.554. The molecule has 0 amide bonds. The van der Waals surface area contributed by atoms with Gasteiger partial charge in [-0.15, -0.1) is 0 Å². The topological polar surface area (TPSA) is 17.8 Å². The quantitative estimate of drug-likeness (QED) is 0.725. The van der Waals surface area contributed by atoms with Crippen molar-refractivity contribution in [3.63, 3.8) is 0 Å². The third kappa shape index (κ3) is 1.65. The van der Waals surface area contributed by atoms with E-state index in [0.29, 0.717) is 12.0 Å². The summed E-state index contributed by atoms with van der Waals surface area (Å²) < 4.78 is 2.08. The van der Waals surface area contributed by atoms with E-state index in [1.165, 1.54) is 16.5 Å². The van der Waals surface area contributed by atoms with E-state index in [2.05, 4.69) is 55.7 Å². The van der Waals surface area contributed by atoms with Crippen LogP contribution in [-0.4, -0.2) is 9.78 Å². The summed E-state index contributed by atoms with van der Waals surface area (Å²) in [5, 5.41) is 5.75. The fourth-order valence-corrected chi connectivity index (χ4v) is 2.01. The Balaban J connectivity index is 2.69. The number of nitrogens with zero attached hydrogens (tertiary/aromatic N) is 2. The van der Waals surface area contributed by atoms with Gasteiger partial charge < -0.3 is 0 Å². The Hall–Kier alpha value is -1.31. The first-order chi connectivity index (χ1) is 7.11. The molecule has 2 rings (SSSR count). The Labute approximate surface area is 90.9 Å². The predicted octanol–water partition coefficient (Wildman–Crippen LogP) is 3.74. The SMILES string of the molecule is CC(C)c1cccc2c1cnn2C(C)C. The van der Waals surface area contributed by atoms with Crippen LogP contribution < -0.4 is 0 Å². The van der Waals surface area contributed by atoms with Crippen LogP contribution in [0.2, 0.25) is 0 Å². The van der Waals surface area contributed by atoms with Crippen LogP contribution in [0.3, 0.4) is 0 Å². The summed E-state index contributed by atoms with van der Waals surface area (Å²) in [7, 11) is 0. The minimum atomic E-state index is 0.421. The molecule has 0 atom stereocenters. The Kier molecular flexibility index (Phi) is 2.51. The van der Waals surface area contributed by atoms with Crippen molar-refractivity contribution >= 4 is 10.9 Å². The number of aromatic nitrogens is 2. The van der Waals surface area contributed by atoms with Crippen LogP contribution in [0.4, 0.5) is 0 Å². The zero-order valence-corrected chi connectivity index (χ0v) is 9.86. The highest BCUT2D eigenvalue weighted by atomic mass is 15.3. The highest BCUT2D eigenvalue weighted by Gasteiger charge is 2.10. The molecule has 0 saturated heterocycles. The molecule has 80 valence electrons. The maximum absolute atomic E-state index is 4.45. The van der Waals surface area contributed by atoms with Gasteiger partial charge in [0.25, 0.3) is 0 Å². The zero-order chi connectivity index (χ0) is 11.0. The van der Waals surface area contributed by atoms with Crippen molar-refractivity contribution in [2.45, 2.75) is 39.7 Å². The Morgan fingerprint density at radius 2 is 1.87 bits per heavy atom. The van der Waals surface area contributed by atoms with Gasteiger partial charge in [-0.2, -0.15) is 5.10 Å². The molecule has 0 radical (unpaired) electrons. The molecule has 0 saturated carbocycles. The van der Waals surface area contributed by atoms with Gasteiger partial charge in [0.2, 0.25) is 0 Å². The van der Waals surface area contributed by atoms with Gasteiger partial charge in [-0.25, -0.2) is 0 Å². The molecule has 0 spiro atoms. The molecule has 2 aromatic rings. The standard InChI is InChI=1S/C13H18N2/c1-9(2)11-6-5-7-13-12(11)8-14-15(13)10(3)4/h5-10H,1-4H3. The largest absolute Gasteiger partial charge is 0.262 e. The molecule has 0 N–H and O–H groups in total. The van der Waals surface area contributed by atoms with E-state index in [4.69, 9.17) is 0 Å². The van der Waals surface area contributed by atoms with Crippen molar-refractivity contribution in [1.82, 2.24) is 9.78 Å². The first-order valence-electron chi connectivity index (χ1n) is 5.57. The van der Waals surface area contributed by atoms with Crippen LogP contribution in [-0.2, 0) is 0 Å². The lowest BCUT2D eigenvalue weighted by Gasteiger charge is -2.09. The molecular formula is C13H18N2. The number of fused-ring (bicyclic) bond motifs is 1. The molecule has 0 aliphatic carbocycles. The maximum atomic E-state index is 4.45. The zero-order valence-electron chi connectivity index (χ0n) is 9.86. The highest BCUT2D eigenvalue weighted by molar-refractivity contribution is 5.82. The molecule has 0 fully saturated rings. The summed E-state index contributed by atoms with van der Waals surface area (Å²) in [6.45, 7) is 8.77. The molecule has 15 heavy (non-hydrogen) atoms. The van der Waals surface area contributed by atoms with Crippen LogP contribution in [0.15, 0.2) is 24.4 Å². The molecule has 2 nitrogen and oxygen atoms in total. The average molecular weight is 202 g/mol. The summed E-state index contributed by atoms with van der Waals surface area (Å²) in [5.41, 5.74) is 2.63. The van der Waals surface area contributed by atoms with Crippen LogP contribution in [0, 0.1) is 0 Å². The van der Waals surface area contributed by atoms with E-state index >= 15 is 0 Å². The molecule has 1 heterocycles. The van der Waals surface area contributed by atoms with Gasteiger partial charge in [-0.3, -0.25) is 4.68 Å². The van der Waals surface area contributed by atoms with Crippen LogP contribution >= 0.6 is 0 Å². The normalized spacial score (nSPS) is 11.9. The molecule has 1 aromatic carbocycles. The molecule has 1 aromatic heterocycles. The van der Waals surface area contributed by atoms with Crippen molar-refractivity contribution in [1.29, 1.82) is 0 Å². The maximum Gasteiger partial charge on any atom is 0.0688 e. The van der Waals surface area contributed by atoms with Gasteiger partial charge in [0.1, 0.15) is 0 Å². The fourth-order valence-electron chi connectivity index (χ4n) is 2.01. The molecule has 2 heteroatoms. The van der Waals surface area contributed by atoms with Crippen molar-refractivity contribution in [3.8, 4) is 0 Å². The number of benzene rings is 1. The Morgan fingerprint density at radius 3 is 2.47 bits per heavy atom. The van der Waals surface area contributed by atoms with Crippen molar-refractivity contribution in [2.24, 2.45) is 0 Å². The Morgan fingerprint density at radius 1 is 1.13 bits per heavy atom. The average Bonchev–Trinajstić information content (AvgIpc) is 2.59. The minimum absolute atomic E-state index is 0.421. The lowest BCUT2D eigenvalue weighted by Crippen LogP contribution is -2.01. The van der Waals surface area contributed by atoms with Gasteiger partial charge in [0.15, 0.2) is 0 Å². The summed E-state index contributed by atoms with van der Waals surface area (Å²) in [6.07, 6.45) is 1.99. The molecule has 0 aliphatic rings. The fraction of sp³-hybridized carbons (Fsp3) is 0.462. The van der Waals surface area contributed by atoms with E-state index < -0.39 is 0 Å². The van der Waals surface area contributed by atoms with Gasteiger partial charge in [0.05, 0.1) is 11.7 Å². The third-order valence-corrected chi connectivity index (χ3v) is 2.79. The highest BCUT2D eigenvalue weighted by Crippen LogP contribution is 2.26. The molecule has 0 unspecified atom stereocenters. The first-order valence-corrected chi connectivity index (χ1v) is 5.57. The summed E-state index contributed by atoms with van der Waals surface area (Å²) in [4.78, 5) is 0. The van der Waals surface area contributed by atoms with E-state index in [1.807, 2.05) is 6.20 Å². The molecule has 0 aliphatic heterocycles. The lowest BCUT2D eigenvalue weighted by molar-refractivity contribution is 0.551. The molecular weight excluding hydrogens is 184 g/mol. The minimum Gasteiger partial charge on any atom is -0.262 e. The van der Waals surface area contributed by atoms with Crippen molar-refractivity contribution in [2.75, 3.05) is 0 Å². The second-order valence-electron chi connectivity index (χ2n) is 4.62. The van der Waals surface area contributed by atoms with E-state index in [0.717, 1.165) is 0 Å². The van der Waals surface area contributed by atoms with E-state index in [9.17, 15) is 0 Å². The summed E-state index contributed by atoms with van der Waals surface area (Å²) in [6, 6.07) is 6.89. The monoisotopic (exact) mass is 202 g/mol. The van der Waals surface area contributed by atoms with Crippen LogP contribution in [0.25, 0.3) is 10.9 Å². The second kappa shape index (κ2) is 3.69. The van der Waals surface area contributed by atoms with Crippen LogP contribution in [0.5, 0.6) is 0 Å². The summed E-state index contributed by atoms with van der Waals surface area (Å²) >= 11 is 0. The smallest absolute Gasteiger partial charge is 0.0688 e. The van der Waals surface area contributed by atoms with Crippen LogP contribution in [0.1, 0.15) is 45.2 Å². The van der Waals surface area contributed by atoms with Crippen molar-refractivity contribution in [3.05, 3.63) is 30.0 Å². The third-order valence-electron chi connectivity index (χ3n) is 2.79. The van der Waals surface area contributed by atoms with E-state index in [1.54, 1.807) is 0 Å². The number of hydrogen-bond acceptors (Lipinski definition) is 1. The predicted molar refractivity (Wildman–Crippen MR) is 64.2 cm³/mol. The number of rotatable bonds is 2.